The Morgan fingerprint density at radius 2 is 2.17 bits per heavy atom. The van der Waals surface area contributed by atoms with Gasteiger partial charge in [-0.15, -0.1) is 0 Å². The van der Waals surface area contributed by atoms with Crippen LogP contribution in [0.1, 0.15) is 37.7 Å². The molecule has 1 saturated carbocycles. The molecule has 1 aliphatic rings. The number of amidine groups is 1. The summed E-state index contributed by atoms with van der Waals surface area (Å²) in [6.45, 7) is 1.05. The summed E-state index contributed by atoms with van der Waals surface area (Å²) in [5.74, 6) is 1.80. The molecular weight excluding hydrogens is 224 g/mol. The van der Waals surface area contributed by atoms with Crippen molar-refractivity contribution < 1.29 is 0 Å². The number of nitrogens with one attached hydrogen (secondary N) is 1. The first-order valence-corrected chi connectivity index (χ1v) is 6.68. The van der Waals surface area contributed by atoms with Gasteiger partial charge in [-0.1, -0.05) is 19.3 Å². The van der Waals surface area contributed by atoms with Crippen LogP contribution >= 0.6 is 0 Å². The van der Waals surface area contributed by atoms with E-state index in [-0.39, 0.29) is 5.84 Å². The van der Waals surface area contributed by atoms with Gasteiger partial charge in [0.2, 0.25) is 0 Å². The van der Waals surface area contributed by atoms with Gasteiger partial charge in [0.05, 0.1) is 0 Å². The van der Waals surface area contributed by atoms with E-state index in [0.717, 1.165) is 23.8 Å². The third kappa shape index (κ3) is 3.22. The van der Waals surface area contributed by atoms with E-state index in [9.17, 15) is 0 Å². The van der Waals surface area contributed by atoms with E-state index in [0.29, 0.717) is 0 Å². The second-order valence-corrected chi connectivity index (χ2v) is 5.20. The van der Waals surface area contributed by atoms with Crippen LogP contribution in [0.4, 0.5) is 5.82 Å². The number of aromatic nitrogens is 1. The molecule has 0 bridgehead atoms. The Hall–Kier alpha value is -1.58. The summed E-state index contributed by atoms with van der Waals surface area (Å²) in [6, 6.07) is 3.67. The molecule has 0 aromatic carbocycles. The molecule has 2 rings (SSSR count). The molecular formula is C14H22N4. The Balaban J connectivity index is 2.01. The van der Waals surface area contributed by atoms with E-state index in [1.165, 1.54) is 32.1 Å². The van der Waals surface area contributed by atoms with Crippen molar-refractivity contribution in [2.45, 2.75) is 32.1 Å². The second kappa shape index (κ2) is 5.85. The van der Waals surface area contributed by atoms with Crippen LogP contribution < -0.4 is 10.6 Å². The van der Waals surface area contributed by atoms with Crippen LogP contribution in [0.5, 0.6) is 0 Å². The molecule has 1 aliphatic carbocycles. The molecule has 1 aromatic rings. The highest BCUT2D eigenvalue weighted by atomic mass is 15.2. The van der Waals surface area contributed by atoms with Crippen molar-refractivity contribution in [2.24, 2.45) is 11.7 Å². The molecule has 0 spiro atoms. The summed E-state index contributed by atoms with van der Waals surface area (Å²) in [6.07, 6.45) is 8.49. The number of rotatable bonds is 4. The lowest BCUT2D eigenvalue weighted by molar-refractivity contribution is 0.361. The lowest BCUT2D eigenvalue weighted by Crippen LogP contribution is -2.27. The Labute approximate surface area is 109 Å². The Kier molecular flexibility index (Phi) is 4.18. The van der Waals surface area contributed by atoms with Gasteiger partial charge in [0.1, 0.15) is 11.7 Å². The summed E-state index contributed by atoms with van der Waals surface area (Å²) in [5.41, 5.74) is 6.25. The molecule has 0 atom stereocenters. The summed E-state index contributed by atoms with van der Waals surface area (Å²) < 4.78 is 0. The predicted molar refractivity (Wildman–Crippen MR) is 75.1 cm³/mol. The molecule has 1 fully saturated rings. The highest BCUT2D eigenvalue weighted by Crippen LogP contribution is 2.25. The number of hydrogen-bond acceptors (Lipinski definition) is 3. The van der Waals surface area contributed by atoms with Crippen molar-refractivity contribution in [3.63, 3.8) is 0 Å². The van der Waals surface area contributed by atoms with Crippen LogP contribution in [0.25, 0.3) is 0 Å². The van der Waals surface area contributed by atoms with Crippen LogP contribution in [-0.2, 0) is 0 Å². The van der Waals surface area contributed by atoms with E-state index in [2.05, 4.69) is 16.9 Å². The van der Waals surface area contributed by atoms with E-state index in [1.807, 2.05) is 6.07 Å². The zero-order chi connectivity index (χ0) is 13.0. The van der Waals surface area contributed by atoms with Crippen molar-refractivity contribution in [2.75, 3.05) is 18.5 Å². The molecule has 0 aliphatic heterocycles. The minimum absolute atomic E-state index is 0.102. The lowest BCUT2D eigenvalue weighted by atomic mass is 9.89. The number of nitrogens with zero attached hydrogens (tertiary/aromatic N) is 2. The van der Waals surface area contributed by atoms with Crippen molar-refractivity contribution in [1.82, 2.24) is 4.98 Å². The number of nitrogen functional groups attached to an aromatic ring is 1. The smallest absolute Gasteiger partial charge is 0.128 e. The summed E-state index contributed by atoms with van der Waals surface area (Å²) in [4.78, 5) is 6.54. The van der Waals surface area contributed by atoms with Gasteiger partial charge in [-0.25, -0.2) is 4.98 Å². The maximum atomic E-state index is 7.46. The van der Waals surface area contributed by atoms with E-state index >= 15 is 0 Å². The number of nitrogens with two attached hydrogens (primary N) is 1. The highest BCUT2D eigenvalue weighted by Gasteiger charge is 2.16. The first kappa shape index (κ1) is 12.9. The Bertz CT molecular complexity index is 410. The van der Waals surface area contributed by atoms with E-state index < -0.39 is 0 Å². The monoisotopic (exact) mass is 246 g/mol. The number of anilines is 1. The fourth-order valence-corrected chi connectivity index (χ4v) is 2.65. The topological polar surface area (TPSA) is 66.0 Å². The van der Waals surface area contributed by atoms with Gasteiger partial charge >= 0.3 is 0 Å². The molecule has 0 radical (unpaired) electrons. The van der Waals surface area contributed by atoms with Crippen LogP contribution in [0.15, 0.2) is 18.3 Å². The predicted octanol–water partition coefficient (Wildman–Crippen LogP) is 2.38. The largest absolute Gasteiger partial charge is 0.384 e. The number of pyridine rings is 1. The Morgan fingerprint density at radius 3 is 2.83 bits per heavy atom. The average Bonchev–Trinajstić information content (AvgIpc) is 2.40. The summed E-state index contributed by atoms with van der Waals surface area (Å²) >= 11 is 0. The quantitative estimate of drug-likeness (QED) is 0.633. The molecule has 4 heteroatoms. The maximum Gasteiger partial charge on any atom is 0.128 e. The van der Waals surface area contributed by atoms with Gasteiger partial charge in [0.15, 0.2) is 0 Å². The maximum absolute atomic E-state index is 7.46. The SMILES string of the molecule is CN(CC1CCCCC1)c1cc(C(=N)N)ccn1. The van der Waals surface area contributed by atoms with Crippen molar-refractivity contribution >= 4 is 11.7 Å². The van der Waals surface area contributed by atoms with Gasteiger partial charge < -0.3 is 10.6 Å². The van der Waals surface area contributed by atoms with Crippen molar-refractivity contribution in [3.8, 4) is 0 Å². The minimum atomic E-state index is 0.102. The van der Waals surface area contributed by atoms with E-state index in [1.54, 1.807) is 12.3 Å². The fourth-order valence-electron chi connectivity index (χ4n) is 2.65. The van der Waals surface area contributed by atoms with Crippen LogP contribution in [0.2, 0.25) is 0 Å². The first-order valence-electron chi connectivity index (χ1n) is 6.68. The standard InChI is InChI=1S/C14H22N4/c1-18(10-11-5-3-2-4-6-11)13-9-12(14(15)16)7-8-17-13/h7-9,11H,2-6,10H2,1H3,(H3,15,16). The zero-order valence-electron chi connectivity index (χ0n) is 11.0. The van der Waals surface area contributed by atoms with Gasteiger partial charge in [-0.05, 0) is 30.9 Å². The molecule has 98 valence electrons. The second-order valence-electron chi connectivity index (χ2n) is 5.20. The van der Waals surface area contributed by atoms with Gasteiger partial charge in [-0.3, -0.25) is 5.41 Å². The van der Waals surface area contributed by atoms with Gasteiger partial charge in [-0.2, -0.15) is 0 Å². The summed E-state index contributed by atoms with van der Waals surface area (Å²) in [5, 5.41) is 7.46. The molecule has 0 saturated heterocycles. The van der Waals surface area contributed by atoms with Gasteiger partial charge in [0, 0.05) is 25.4 Å². The highest BCUT2D eigenvalue weighted by molar-refractivity contribution is 5.95. The zero-order valence-corrected chi connectivity index (χ0v) is 11.0. The van der Waals surface area contributed by atoms with Crippen LogP contribution in [-0.4, -0.2) is 24.4 Å². The summed E-state index contributed by atoms with van der Waals surface area (Å²) in [7, 11) is 2.07. The molecule has 0 amide bonds. The van der Waals surface area contributed by atoms with E-state index in [4.69, 9.17) is 11.1 Å². The fraction of sp³-hybridized carbons (Fsp3) is 0.571. The molecule has 3 N–H and O–H groups in total. The Morgan fingerprint density at radius 1 is 1.44 bits per heavy atom. The van der Waals surface area contributed by atoms with Crippen molar-refractivity contribution in [3.05, 3.63) is 23.9 Å². The van der Waals surface area contributed by atoms with Crippen LogP contribution in [0, 0.1) is 11.3 Å². The average molecular weight is 246 g/mol. The van der Waals surface area contributed by atoms with Crippen LogP contribution in [0.3, 0.4) is 0 Å². The molecule has 18 heavy (non-hydrogen) atoms. The number of hydrogen-bond donors (Lipinski definition) is 2. The van der Waals surface area contributed by atoms with Gasteiger partial charge in [0.25, 0.3) is 0 Å². The molecule has 0 unspecified atom stereocenters. The first-order chi connectivity index (χ1) is 8.66. The normalized spacial score (nSPS) is 16.5. The molecule has 1 heterocycles. The molecule has 4 nitrogen and oxygen atoms in total. The minimum Gasteiger partial charge on any atom is -0.384 e. The lowest BCUT2D eigenvalue weighted by Gasteiger charge is -2.27. The third-order valence-corrected chi connectivity index (χ3v) is 3.70. The molecule has 1 aromatic heterocycles. The third-order valence-electron chi connectivity index (χ3n) is 3.70. The van der Waals surface area contributed by atoms with Crippen molar-refractivity contribution in [1.29, 1.82) is 5.41 Å².